The van der Waals surface area contributed by atoms with E-state index < -0.39 is 18.0 Å². The smallest absolute Gasteiger partial charge is 0.347 e. The van der Waals surface area contributed by atoms with Gasteiger partial charge in [-0.2, -0.15) is 0 Å². The number of rotatable bonds is 2. The van der Waals surface area contributed by atoms with Crippen LogP contribution in [0.15, 0.2) is 12.2 Å². The molecule has 72 valence electrons. The zero-order valence-electron chi connectivity index (χ0n) is 7.70. The molecule has 0 spiro atoms. The topological polar surface area (TPSA) is 52.6 Å². The Morgan fingerprint density at radius 2 is 2.31 bits per heavy atom. The Bertz CT molecular complexity index is 256. The number of hydrogen-bond donors (Lipinski definition) is 0. The third-order valence-electron chi connectivity index (χ3n) is 1.82. The molecule has 0 bridgehead atoms. The number of ether oxygens (including phenoxy) is 2. The summed E-state index contributed by atoms with van der Waals surface area (Å²) >= 11 is 0. The standard InChI is InChI=1S/C9H12O4/c1-5(2)8(10)13-7-6(3)4-12-9(7)11/h6-7H,1,4H2,2-3H3. The first-order valence-electron chi connectivity index (χ1n) is 4.05. The van der Waals surface area contributed by atoms with E-state index in [0.29, 0.717) is 6.61 Å². The van der Waals surface area contributed by atoms with Crippen molar-refractivity contribution in [1.29, 1.82) is 0 Å². The number of esters is 2. The van der Waals surface area contributed by atoms with Gasteiger partial charge in [-0.05, 0) is 6.92 Å². The van der Waals surface area contributed by atoms with Crippen molar-refractivity contribution in [1.82, 2.24) is 0 Å². The van der Waals surface area contributed by atoms with Crippen LogP contribution in [0.3, 0.4) is 0 Å². The van der Waals surface area contributed by atoms with Crippen LogP contribution >= 0.6 is 0 Å². The highest BCUT2D eigenvalue weighted by molar-refractivity contribution is 5.89. The summed E-state index contributed by atoms with van der Waals surface area (Å²) in [6.07, 6.45) is -0.760. The van der Waals surface area contributed by atoms with E-state index in [2.05, 4.69) is 6.58 Å². The Labute approximate surface area is 76.5 Å². The van der Waals surface area contributed by atoms with Crippen LogP contribution in [-0.4, -0.2) is 24.6 Å². The van der Waals surface area contributed by atoms with Gasteiger partial charge in [-0.25, -0.2) is 9.59 Å². The molecule has 0 radical (unpaired) electrons. The van der Waals surface area contributed by atoms with Crippen molar-refractivity contribution in [3.8, 4) is 0 Å². The minimum atomic E-state index is -0.760. The largest absolute Gasteiger partial charge is 0.462 e. The molecule has 0 aromatic carbocycles. The van der Waals surface area contributed by atoms with E-state index in [4.69, 9.17) is 9.47 Å². The van der Waals surface area contributed by atoms with Crippen molar-refractivity contribution in [3.05, 3.63) is 12.2 Å². The molecule has 1 aliphatic heterocycles. The number of hydrogen-bond acceptors (Lipinski definition) is 4. The molecule has 0 amide bonds. The summed E-state index contributed by atoms with van der Waals surface area (Å²) in [4.78, 5) is 22.1. The molecule has 1 aliphatic rings. The van der Waals surface area contributed by atoms with Gasteiger partial charge < -0.3 is 9.47 Å². The second-order valence-electron chi connectivity index (χ2n) is 3.21. The lowest BCUT2D eigenvalue weighted by Crippen LogP contribution is -2.27. The zero-order valence-corrected chi connectivity index (χ0v) is 7.70. The monoisotopic (exact) mass is 184 g/mol. The minimum absolute atomic E-state index is 0.0733. The highest BCUT2D eigenvalue weighted by Crippen LogP contribution is 2.18. The fourth-order valence-corrected chi connectivity index (χ4v) is 0.996. The van der Waals surface area contributed by atoms with Crippen LogP contribution in [0.4, 0.5) is 0 Å². The van der Waals surface area contributed by atoms with Gasteiger partial charge in [-0.3, -0.25) is 0 Å². The highest BCUT2D eigenvalue weighted by atomic mass is 16.6. The number of carbonyl (C=O) groups is 2. The average molecular weight is 184 g/mol. The molecule has 13 heavy (non-hydrogen) atoms. The van der Waals surface area contributed by atoms with Crippen LogP contribution in [0.25, 0.3) is 0 Å². The van der Waals surface area contributed by atoms with Crippen LogP contribution in [0.2, 0.25) is 0 Å². The average Bonchev–Trinajstić information content (AvgIpc) is 2.35. The number of cyclic esters (lactones) is 1. The van der Waals surface area contributed by atoms with Crippen molar-refractivity contribution in [2.75, 3.05) is 6.61 Å². The molecule has 4 nitrogen and oxygen atoms in total. The third kappa shape index (κ3) is 2.08. The maximum atomic E-state index is 11.1. The highest BCUT2D eigenvalue weighted by Gasteiger charge is 2.37. The molecule has 4 heteroatoms. The molecule has 1 fully saturated rings. The first-order chi connectivity index (χ1) is 6.02. The summed E-state index contributed by atoms with van der Waals surface area (Å²) in [7, 11) is 0. The second kappa shape index (κ2) is 3.60. The van der Waals surface area contributed by atoms with Gasteiger partial charge in [0.2, 0.25) is 6.10 Å². The van der Waals surface area contributed by atoms with Crippen LogP contribution in [-0.2, 0) is 19.1 Å². The molecule has 0 N–H and O–H groups in total. The van der Waals surface area contributed by atoms with Crippen LogP contribution in [0.1, 0.15) is 13.8 Å². The summed E-state index contributed by atoms with van der Waals surface area (Å²) in [5.74, 6) is -1.09. The molecule has 1 heterocycles. The molecular formula is C9H12O4. The van der Waals surface area contributed by atoms with E-state index in [0.717, 1.165) is 0 Å². The molecule has 1 saturated heterocycles. The maximum Gasteiger partial charge on any atom is 0.347 e. The number of carbonyl (C=O) groups excluding carboxylic acids is 2. The molecule has 0 saturated carbocycles. The van der Waals surface area contributed by atoms with E-state index >= 15 is 0 Å². The molecule has 0 aromatic rings. The Balaban J connectivity index is 2.57. The van der Waals surface area contributed by atoms with E-state index in [9.17, 15) is 9.59 Å². The first kappa shape index (κ1) is 9.77. The van der Waals surface area contributed by atoms with Gasteiger partial charge in [0.25, 0.3) is 0 Å². The quantitative estimate of drug-likeness (QED) is 0.467. The van der Waals surface area contributed by atoms with Crippen molar-refractivity contribution < 1.29 is 19.1 Å². The summed E-state index contributed by atoms with van der Waals surface area (Å²) < 4.78 is 9.60. The molecule has 2 atom stereocenters. The summed E-state index contributed by atoms with van der Waals surface area (Å²) in [5, 5.41) is 0. The summed E-state index contributed by atoms with van der Waals surface area (Å²) in [5.41, 5.74) is 0.284. The van der Waals surface area contributed by atoms with Crippen molar-refractivity contribution >= 4 is 11.9 Å². The lowest BCUT2D eigenvalue weighted by Gasteiger charge is -2.11. The Morgan fingerprint density at radius 3 is 2.69 bits per heavy atom. The fraction of sp³-hybridized carbons (Fsp3) is 0.556. The predicted molar refractivity (Wildman–Crippen MR) is 44.8 cm³/mol. The molecule has 0 aliphatic carbocycles. The van der Waals surface area contributed by atoms with Crippen LogP contribution in [0, 0.1) is 5.92 Å². The normalized spacial score (nSPS) is 26.8. The fourth-order valence-electron chi connectivity index (χ4n) is 0.996. The summed E-state index contributed by atoms with van der Waals surface area (Å²) in [6, 6.07) is 0. The van der Waals surface area contributed by atoms with E-state index in [1.165, 1.54) is 6.92 Å². The molecule has 0 aromatic heterocycles. The van der Waals surface area contributed by atoms with Gasteiger partial charge >= 0.3 is 11.9 Å². The Morgan fingerprint density at radius 1 is 1.69 bits per heavy atom. The van der Waals surface area contributed by atoms with Gasteiger partial charge in [-0.1, -0.05) is 13.5 Å². The van der Waals surface area contributed by atoms with Gasteiger partial charge in [0.05, 0.1) is 6.61 Å². The predicted octanol–water partition coefficient (Wildman–Crippen LogP) is 0.667. The Hall–Kier alpha value is -1.32. The van der Waals surface area contributed by atoms with Gasteiger partial charge in [0.15, 0.2) is 0 Å². The van der Waals surface area contributed by atoms with E-state index in [-0.39, 0.29) is 11.5 Å². The van der Waals surface area contributed by atoms with Gasteiger partial charge in [-0.15, -0.1) is 0 Å². The van der Waals surface area contributed by atoms with Crippen molar-refractivity contribution in [2.24, 2.45) is 5.92 Å². The van der Waals surface area contributed by atoms with Crippen LogP contribution in [0.5, 0.6) is 0 Å². The lowest BCUT2D eigenvalue weighted by atomic mass is 10.1. The minimum Gasteiger partial charge on any atom is -0.462 e. The Kier molecular flexibility index (Phi) is 2.70. The van der Waals surface area contributed by atoms with Crippen LogP contribution < -0.4 is 0 Å². The summed E-state index contributed by atoms with van der Waals surface area (Å²) in [6.45, 7) is 7.06. The molecule has 2 unspecified atom stereocenters. The molecule has 1 rings (SSSR count). The van der Waals surface area contributed by atoms with Crippen molar-refractivity contribution in [3.63, 3.8) is 0 Å². The zero-order chi connectivity index (χ0) is 10.0. The van der Waals surface area contributed by atoms with E-state index in [1.54, 1.807) is 6.92 Å². The van der Waals surface area contributed by atoms with Crippen molar-refractivity contribution in [2.45, 2.75) is 20.0 Å². The molecular weight excluding hydrogens is 172 g/mol. The van der Waals surface area contributed by atoms with Gasteiger partial charge in [0, 0.05) is 11.5 Å². The SMILES string of the molecule is C=C(C)C(=O)OC1C(=O)OCC1C. The first-order valence-corrected chi connectivity index (χ1v) is 4.05. The lowest BCUT2D eigenvalue weighted by molar-refractivity contribution is -0.158. The van der Waals surface area contributed by atoms with Gasteiger partial charge in [0.1, 0.15) is 0 Å². The maximum absolute atomic E-state index is 11.1. The second-order valence-corrected chi connectivity index (χ2v) is 3.21. The third-order valence-corrected chi connectivity index (χ3v) is 1.82. The van der Waals surface area contributed by atoms with E-state index in [1.807, 2.05) is 0 Å².